The third-order valence-electron chi connectivity index (χ3n) is 0.942. The molecule has 0 amide bonds. The lowest BCUT2D eigenvalue weighted by molar-refractivity contribution is -0.139. The van der Waals surface area contributed by atoms with Gasteiger partial charge in [-0.05, 0) is 6.92 Å². The number of hydrogen-bond acceptors (Lipinski definition) is 2. The summed E-state index contributed by atoms with van der Waals surface area (Å²) in [5, 5.41) is 8.21. The summed E-state index contributed by atoms with van der Waals surface area (Å²) in [6, 6.07) is 0. The SMILES string of the molecule is CC(CC(=O)O)OCCF. The van der Waals surface area contributed by atoms with Crippen LogP contribution in [0.3, 0.4) is 0 Å². The van der Waals surface area contributed by atoms with E-state index in [9.17, 15) is 9.18 Å². The summed E-state index contributed by atoms with van der Waals surface area (Å²) in [5.74, 6) is -0.925. The maximum Gasteiger partial charge on any atom is 0.305 e. The highest BCUT2D eigenvalue weighted by Crippen LogP contribution is 1.96. The molecule has 0 aromatic rings. The van der Waals surface area contributed by atoms with Gasteiger partial charge in [0.1, 0.15) is 6.67 Å². The molecule has 3 nitrogen and oxygen atoms in total. The van der Waals surface area contributed by atoms with Gasteiger partial charge in [0, 0.05) is 0 Å². The van der Waals surface area contributed by atoms with Crippen molar-refractivity contribution >= 4 is 5.97 Å². The van der Waals surface area contributed by atoms with E-state index in [4.69, 9.17) is 9.84 Å². The fourth-order valence-electron chi connectivity index (χ4n) is 0.551. The van der Waals surface area contributed by atoms with Gasteiger partial charge in [0.15, 0.2) is 0 Å². The molecule has 0 bridgehead atoms. The fraction of sp³-hybridized carbons (Fsp3) is 0.833. The van der Waals surface area contributed by atoms with E-state index in [0.717, 1.165) is 0 Å². The van der Waals surface area contributed by atoms with Crippen LogP contribution in [-0.2, 0) is 9.53 Å². The maximum absolute atomic E-state index is 11.4. The number of aliphatic carboxylic acids is 1. The van der Waals surface area contributed by atoms with Crippen molar-refractivity contribution in [1.29, 1.82) is 0 Å². The van der Waals surface area contributed by atoms with Crippen molar-refractivity contribution in [2.45, 2.75) is 19.4 Å². The van der Waals surface area contributed by atoms with E-state index in [-0.39, 0.29) is 13.0 Å². The molecule has 1 N–H and O–H groups in total. The van der Waals surface area contributed by atoms with Crippen molar-refractivity contribution in [2.75, 3.05) is 13.3 Å². The van der Waals surface area contributed by atoms with Crippen LogP contribution in [0.4, 0.5) is 4.39 Å². The van der Waals surface area contributed by atoms with Gasteiger partial charge >= 0.3 is 5.97 Å². The van der Waals surface area contributed by atoms with Gasteiger partial charge in [-0.25, -0.2) is 4.39 Å². The summed E-state index contributed by atoms with van der Waals surface area (Å²) in [6.45, 7) is 1.02. The number of halogens is 1. The Morgan fingerprint density at radius 3 is 2.80 bits per heavy atom. The molecule has 0 saturated carbocycles. The Labute approximate surface area is 58.8 Å². The predicted octanol–water partition coefficient (Wildman–Crippen LogP) is 0.836. The van der Waals surface area contributed by atoms with Gasteiger partial charge in [-0.3, -0.25) is 4.79 Å². The van der Waals surface area contributed by atoms with E-state index in [0.29, 0.717) is 0 Å². The van der Waals surface area contributed by atoms with Crippen LogP contribution in [0.25, 0.3) is 0 Å². The first-order chi connectivity index (χ1) is 4.66. The van der Waals surface area contributed by atoms with Crippen LogP contribution in [-0.4, -0.2) is 30.5 Å². The second-order valence-corrected chi connectivity index (χ2v) is 1.97. The zero-order chi connectivity index (χ0) is 7.98. The molecular formula is C6H11FO3. The fourth-order valence-corrected chi connectivity index (χ4v) is 0.551. The van der Waals surface area contributed by atoms with E-state index >= 15 is 0 Å². The van der Waals surface area contributed by atoms with E-state index in [1.54, 1.807) is 6.92 Å². The monoisotopic (exact) mass is 150 g/mol. The van der Waals surface area contributed by atoms with Crippen molar-refractivity contribution in [3.8, 4) is 0 Å². The molecule has 0 fully saturated rings. The molecule has 0 aliphatic rings. The van der Waals surface area contributed by atoms with Gasteiger partial charge in [0.25, 0.3) is 0 Å². The Bertz CT molecular complexity index is 105. The number of alkyl halides is 1. The Balaban J connectivity index is 3.25. The highest BCUT2D eigenvalue weighted by Gasteiger charge is 2.06. The number of carbonyl (C=O) groups is 1. The summed E-state index contributed by atoms with van der Waals surface area (Å²) in [5.41, 5.74) is 0. The lowest BCUT2D eigenvalue weighted by atomic mass is 10.3. The minimum atomic E-state index is -0.925. The molecule has 1 unspecified atom stereocenters. The van der Waals surface area contributed by atoms with Crippen LogP contribution in [0.15, 0.2) is 0 Å². The average molecular weight is 150 g/mol. The first-order valence-electron chi connectivity index (χ1n) is 3.06. The Morgan fingerprint density at radius 2 is 2.40 bits per heavy atom. The van der Waals surface area contributed by atoms with Crippen LogP contribution in [0.5, 0.6) is 0 Å². The van der Waals surface area contributed by atoms with Crippen molar-refractivity contribution in [3.05, 3.63) is 0 Å². The molecular weight excluding hydrogens is 139 g/mol. The summed E-state index contributed by atoms with van der Waals surface area (Å²) in [7, 11) is 0. The molecule has 0 aromatic heterocycles. The summed E-state index contributed by atoms with van der Waals surface area (Å²) >= 11 is 0. The van der Waals surface area contributed by atoms with Crippen LogP contribution in [0.1, 0.15) is 13.3 Å². The Morgan fingerprint density at radius 1 is 1.80 bits per heavy atom. The summed E-state index contributed by atoms with van der Waals surface area (Å²) in [6.07, 6.45) is -0.465. The van der Waals surface area contributed by atoms with Crippen molar-refractivity contribution in [2.24, 2.45) is 0 Å². The minimum Gasteiger partial charge on any atom is -0.481 e. The molecule has 10 heavy (non-hydrogen) atoms. The first-order valence-corrected chi connectivity index (χ1v) is 3.06. The molecule has 0 spiro atoms. The van der Waals surface area contributed by atoms with Gasteiger partial charge < -0.3 is 9.84 Å². The number of ether oxygens (including phenoxy) is 1. The molecule has 0 aromatic carbocycles. The number of hydrogen-bond donors (Lipinski definition) is 1. The lowest BCUT2D eigenvalue weighted by Gasteiger charge is -2.07. The largest absolute Gasteiger partial charge is 0.481 e. The zero-order valence-corrected chi connectivity index (χ0v) is 5.84. The smallest absolute Gasteiger partial charge is 0.305 e. The van der Waals surface area contributed by atoms with Crippen LogP contribution >= 0.6 is 0 Å². The molecule has 4 heteroatoms. The van der Waals surface area contributed by atoms with E-state index in [1.165, 1.54) is 0 Å². The predicted molar refractivity (Wildman–Crippen MR) is 33.6 cm³/mol. The highest BCUT2D eigenvalue weighted by molar-refractivity contribution is 5.67. The molecule has 0 heterocycles. The van der Waals surface area contributed by atoms with Crippen molar-refractivity contribution in [1.82, 2.24) is 0 Å². The quantitative estimate of drug-likeness (QED) is 0.631. The average Bonchev–Trinajstić information content (AvgIpc) is 1.82. The van der Waals surface area contributed by atoms with Crippen LogP contribution in [0.2, 0.25) is 0 Å². The number of rotatable bonds is 5. The highest BCUT2D eigenvalue weighted by atomic mass is 19.1. The minimum absolute atomic E-state index is 0.0194. The van der Waals surface area contributed by atoms with Crippen LogP contribution < -0.4 is 0 Å². The molecule has 0 radical (unpaired) electrons. The second kappa shape index (κ2) is 5.17. The van der Waals surface area contributed by atoms with E-state index < -0.39 is 18.7 Å². The topological polar surface area (TPSA) is 46.5 Å². The lowest BCUT2D eigenvalue weighted by Crippen LogP contribution is -2.14. The maximum atomic E-state index is 11.4. The number of carboxylic acid groups (broad SMARTS) is 1. The number of carboxylic acids is 1. The van der Waals surface area contributed by atoms with Gasteiger partial charge in [-0.1, -0.05) is 0 Å². The normalized spacial score (nSPS) is 13.0. The Kier molecular flexibility index (Phi) is 4.84. The molecule has 0 aliphatic carbocycles. The Hall–Kier alpha value is -0.640. The molecule has 0 aliphatic heterocycles. The van der Waals surface area contributed by atoms with Crippen molar-refractivity contribution in [3.63, 3.8) is 0 Å². The van der Waals surface area contributed by atoms with Gasteiger partial charge in [0.05, 0.1) is 19.1 Å². The molecule has 0 rings (SSSR count). The second-order valence-electron chi connectivity index (χ2n) is 1.97. The standard InChI is InChI=1S/C6H11FO3/c1-5(4-6(8)9)10-3-2-7/h5H,2-4H2,1H3,(H,8,9). The van der Waals surface area contributed by atoms with Gasteiger partial charge in [-0.15, -0.1) is 0 Å². The van der Waals surface area contributed by atoms with Gasteiger partial charge in [-0.2, -0.15) is 0 Å². The van der Waals surface area contributed by atoms with Crippen molar-refractivity contribution < 1.29 is 19.0 Å². The van der Waals surface area contributed by atoms with Crippen LogP contribution in [0, 0.1) is 0 Å². The summed E-state index contributed by atoms with van der Waals surface area (Å²) < 4.78 is 16.2. The molecule has 60 valence electrons. The summed E-state index contributed by atoms with van der Waals surface area (Å²) in [4.78, 5) is 10.00. The first kappa shape index (κ1) is 9.36. The molecule has 0 saturated heterocycles. The molecule has 1 atom stereocenters. The van der Waals surface area contributed by atoms with Gasteiger partial charge in [0.2, 0.25) is 0 Å². The van der Waals surface area contributed by atoms with E-state index in [1.807, 2.05) is 0 Å². The third-order valence-corrected chi connectivity index (χ3v) is 0.942. The zero-order valence-electron chi connectivity index (χ0n) is 5.84. The van der Waals surface area contributed by atoms with E-state index in [2.05, 4.69) is 0 Å². The third kappa shape index (κ3) is 5.50.